The van der Waals surface area contributed by atoms with Crippen molar-refractivity contribution < 1.29 is 9.13 Å². The Morgan fingerprint density at radius 2 is 0.304 bits per heavy atom. The van der Waals surface area contributed by atoms with E-state index in [2.05, 4.69) is 334 Å². The molecule has 0 N–H and O–H groups in total. The van der Waals surface area contributed by atoms with Crippen molar-refractivity contribution in [3.8, 4) is 33.9 Å². The molecule has 0 unspecified atom stereocenters. The first-order chi connectivity index (χ1) is 45.4. The van der Waals surface area contributed by atoms with Gasteiger partial charge in [0.15, 0.2) is 14.3 Å². The third-order valence-electron chi connectivity index (χ3n) is 19.0. The van der Waals surface area contributed by atoms with Crippen molar-refractivity contribution in [3.63, 3.8) is 0 Å². The lowest BCUT2D eigenvalue weighted by Crippen LogP contribution is -2.25. The fourth-order valence-electron chi connectivity index (χ4n) is 14.7. The molecule has 0 saturated carbocycles. The van der Waals surface area contributed by atoms with Crippen LogP contribution in [0.25, 0.3) is 121 Å². The van der Waals surface area contributed by atoms with Crippen molar-refractivity contribution in [2.24, 2.45) is 0 Å². The van der Waals surface area contributed by atoms with Gasteiger partial charge >= 0.3 is 0 Å². The van der Waals surface area contributed by atoms with Crippen LogP contribution in [-0.2, 0) is 9.13 Å². The molecule has 0 bridgehead atoms. The summed E-state index contributed by atoms with van der Waals surface area (Å²) in [6.07, 6.45) is 0. The van der Waals surface area contributed by atoms with E-state index in [0.717, 1.165) is 110 Å². The van der Waals surface area contributed by atoms with E-state index < -0.39 is 14.3 Å². The number of aromatic nitrogens is 4. The molecule has 8 heteroatoms. The van der Waals surface area contributed by atoms with Gasteiger partial charge in [-0.15, -0.1) is 0 Å². The summed E-state index contributed by atoms with van der Waals surface area (Å²) < 4.78 is 42.6. The molecule has 0 radical (unpaired) electrons. The Bertz CT molecular complexity index is 5130. The molecule has 0 fully saturated rings. The maximum Gasteiger partial charge on any atom is 0.171 e. The van der Waals surface area contributed by atoms with E-state index >= 15 is 9.13 Å². The molecule has 0 amide bonds. The molecule has 0 aliphatic heterocycles. The third kappa shape index (κ3) is 8.21. The smallest absolute Gasteiger partial charge is 0.171 e. The van der Waals surface area contributed by atoms with Gasteiger partial charge in [0, 0.05) is 97.7 Å². The van der Waals surface area contributed by atoms with Gasteiger partial charge in [0.2, 0.25) is 0 Å². The van der Waals surface area contributed by atoms with Gasteiger partial charge in [0.1, 0.15) is 0 Å². The summed E-state index contributed by atoms with van der Waals surface area (Å²) >= 11 is 0. The molecule has 6 nitrogen and oxygen atoms in total. The molecule has 0 spiro atoms. The number of hydrogen-bond donors (Lipinski definition) is 0. The zero-order valence-corrected chi connectivity index (χ0v) is 51.6. The van der Waals surface area contributed by atoms with E-state index in [0.29, 0.717) is 0 Å². The van der Waals surface area contributed by atoms with Crippen LogP contribution < -0.4 is 31.8 Å². The summed E-state index contributed by atoms with van der Waals surface area (Å²) in [5.41, 5.74) is 14.8. The van der Waals surface area contributed by atoms with E-state index in [1.54, 1.807) is 0 Å². The van der Waals surface area contributed by atoms with Gasteiger partial charge in [0.05, 0.1) is 44.1 Å². The van der Waals surface area contributed by atoms with E-state index in [1.807, 2.05) is 24.3 Å². The van der Waals surface area contributed by atoms with E-state index in [-0.39, 0.29) is 0 Å². The molecule has 4 heterocycles. The van der Waals surface area contributed by atoms with Crippen LogP contribution in [0.15, 0.2) is 340 Å². The van der Waals surface area contributed by atoms with Crippen LogP contribution in [0.2, 0.25) is 0 Å². The third-order valence-corrected chi connectivity index (χ3v) is 25.2. The van der Waals surface area contributed by atoms with Crippen molar-refractivity contribution in [1.82, 2.24) is 18.3 Å². The topological polar surface area (TPSA) is 53.9 Å². The Hall–Kier alpha value is -11.3. The fraction of sp³-hybridized carbons (Fsp3) is 0. The van der Waals surface area contributed by atoms with Gasteiger partial charge in [-0.2, -0.15) is 0 Å². The average Bonchev–Trinajstić information content (AvgIpc) is 1.76. The van der Waals surface area contributed by atoms with E-state index in [9.17, 15) is 0 Å². The second-order valence-electron chi connectivity index (χ2n) is 23.9. The Morgan fingerprint density at radius 1 is 0.163 bits per heavy atom. The highest BCUT2D eigenvalue weighted by Crippen LogP contribution is 2.47. The number of hydrogen-bond acceptors (Lipinski definition) is 2. The van der Waals surface area contributed by atoms with Crippen LogP contribution in [0.4, 0.5) is 0 Å². The summed E-state index contributed by atoms with van der Waals surface area (Å²) in [4.78, 5) is 0. The first-order valence-corrected chi connectivity index (χ1v) is 34.6. The van der Waals surface area contributed by atoms with Crippen LogP contribution in [0.1, 0.15) is 0 Å². The minimum Gasteiger partial charge on any atom is -0.309 e. The molecule has 92 heavy (non-hydrogen) atoms. The molecule has 18 rings (SSSR count). The standard InChI is InChI=1S/C84H56N4O2P2/c89-91(65-49-37-59(38-50-65)85-77-25-9-1-17-69(77)70-18-2-10-26-78(70)85,66-51-39-60(40-52-66)86-79-27-11-3-19-71(79)72-20-4-12-28-80(72)86)63-45-33-57(34-46-63)58-35-47-64(48-36-58)92(90,67-53-41-61(42-54-67)87-81-29-13-5-21-73(81)74-22-6-14-30-82(74)87)68-55-43-62(44-56-68)88-83-31-15-7-23-75(83)76-24-8-16-32-84(76)88/h1-56H. The highest BCUT2D eigenvalue weighted by Gasteiger charge is 2.33. The molecule has 4 aromatic heterocycles. The second-order valence-corrected chi connectivity index (χ2v) is 29.4. The van der Waals surface area contributed by atoms with Gasteiger partial charge in [-0.05, 0) is 157 Å². The van der Waals surface area contributed by atoms with Crippen LogP contribution in [0, 0.1) is 0 Å². The summed E-state index contributed by atoms with van der Waals surface area (Å²) in [6.45, 7) is 0. The van der Waals surface area contributed by atoms with Gasteiger partial charge in [-0.3, -0.25) is 0 Å². The number of para-hydroxylation sites is 8. The number of benzene rings is 14. The zero-order valence-electron chi connectivity index (χ0n) is 49.8. The lowest BCUT2D eigenvalue weighted by Gasteiger charge is -2.22. The molecule has 434 valence electrons. The average molecular weight is 1220 g/mol. The van der Waals surface area contributed by atoms with Crippen LogP contribution in [0.5, 0.6) is 0 Å². The summed E-state index contributed by atoms with van der Waals surface area (Å²) in [5, 5.41) is 13.9. The Labute approximate surface area is 531 Å². The van der Waals surface area contributed by atoms with Crippen molar-refractivity contribution in [1.29, 1.82) is 0 Å². The predicted octanol–water partition coefficient (Wildman–Crippen LogP) is 19.0. The normalized spacial score (nSPS) is 12.2. The second kappa shape index (κ2) is 21.2. The van der Waals surface area contributed by atoms with Crippen LogP contribution in [-0.4, -0.2) is 18.3 Å². The van der Waals surface area contributed by atoms with E-state index in [1.165, 1.54) is 43.1 Å². The quantitative estimate of drug-likeness (QED) is 0.121. The minimum absolute atomic E-state index is 0.727. The Balaban J connectivity index is 0.729. The summed E-state index contributed by atoms with van der Waals surface area (Å²) in [7, 11) is -7.04. The molecular formula is C84H56N4O2P2. The maximum absolute atomic E-state index is 16.7. The van der Waals surface area contributed by atoms with Crippen molar-refractivity contribution in [2.45, 2.75) is 0 Å². The number of rotatable bonds is 11. The molecule has 0 saturated heterocycles. The van der Waals surface area contributed by atoms with E-state index in [4.69, 9.17) is 0 Å². The van der Waals surface area contributed by atoms with Crippen molar-refractivity contribution in [3.05, 3.63) is 340 Å². The molecule has 18 aromatic rings. The van der Waals surface area contributed by atoms with Crippen molar-refractivity contribution in [2.75, 3.05) is 0 Å². The first-order valence-electron chi connectivity index (χ1n) is 31.2. The predicted molar refractivity (Wildman–Crippen MR) is 388 cm³/mol. The monoisotopic (exact) mass is 1210 g/mol. The molecule has 0 aliphatic rings. The molecule has 0 atom stereocenters. The van der Waals surface area contributed by atoms with Crippen LogP contribution >= 0.6 is 14.3 Å². The highest BCUT2D eigenvalue weighted by atomic mass is 31.2. The maximum atomic E-state index is 16.7. The molecule has 0 aliphatic carbocycles. The Kier molecular flexibility index (Phi) is 12.4. The largest absolute Gasteiger partial charge is 0.309 e. The number of fused-ring (bicyclic) bond motifs is 12. The number of nitrogens with zero attached hydrogens (tertiary/aromatic N) is 4. The summed E-state index contributed by atoms with van der Waals surface area (Å²) in [5.74, 6) is 0. The van der Waals surface area contributed by atoms with Crippen LogP contribution in [0.3, 0.4) is 0 Å². The molecule has 14 aromatic carbocycles. The first kappa shape index (κ1) is 53.7. The van der Waals surface area contributed by atoms with Gasteiger partial charge in [-0.1, -0.05) is 194 Å². The lowest BCUT2D eigenvalue weighted by atomic mass is 10.1. The summed E-state index contributed by atoms with van der Waals surface area (Å²) in [6, 6.07) is 118. The lowest BCUT2D eigenvalue weighted by molar-refractivity contribution is 0.591. The van der Waals surface area contributed by atoms with Gasteiger partial charge in [-0.25, -0.2) is 0 Å². The highest BCUT2D eigenvalue weighted by molar-refractivity contribution is 7.85. The SMILES string of the molecule is O=P(c1ccc(-c2ccc(P(=O)(c3ccc(-n4c5ccccc5c5ccccc54)cc3)c3ccc(-n4c5ccccc5c5ccccc54)cc3)cc2)cc1)(c1ccc(-n2c3ccccc3c3ccccc32)cc1)c1ccc(-n2c3ccccc3c3ccccc32)cc1. The molecular weight excluding hydrogens is 1160 g/mol. The van der Waals surface area contributed by atoms with Gasteiger partial charge in [0.25, 0.3) is 0 Å². The minimum atomic E-state index is -3.52. The Morgan fingerprint density at radius 3 is 0.467 bits per heavy atom. The zero-order chi connectivity index (χ0) is 61.1. The van der Waals surface area contributed by atoms with Gasteiger partial charge < -0.3 is 27.4 Å². The fourth-order valence-corrected chi connectivity index (χ4v) is 19.9. The van der Waals surface area contributed by atoms with Crippen molar-refractivity contribution >= 4 is 133 Å².